The molecule has 130 valence electrons. The summed E-state index contributed by atoms with van der Waals surface area (Å²) in [4.78, 5) is 15.8. The highest BCUT2D eigenvalue weighted by molar-refractivity contribution is 14.0. The third-order valence-electron chi connectivity index (χ3n) is 2.89. The number of amides is 1. The third kappa shape index (κ3) is 9.37. The van der Waals surface area contributed by atoms with Crippen LogP contribution >= 0.6 is 24.0 Å². The summed E-state index contributed by atoms with van der Waals surface area (Å²) in [6.45, 7) is 7.91. The Morgan fingerprint density at radius 1 is 1.22 bits per heavy atom. The molecule has 1 aromatic rings. The second-order valence-corrected chi connectivity index (χ2v) is 5.20. The molecule has 1 amide bonds. The van der Waals surface area contributed by atoms with E-state index in [0.717, 1.165) is 12.1 Å². The van der Waals surface area contributed by atoms with Gasteiger partial charge in [-0.1, -0.05) is 26.0 Å². The van der Waals surface area contributed by atoms with Crippen molar-refractivity contribution in [1.82, 2.24) is 16.0 Å². The first kappa shape index (κ1) is 21.6. The second-order valence-electron chi connectivity index (χ2n) is 5.20. The lowest BCUT2D eigenvalue weighted by Gasteiger charge is -2.12. The molecule has 0 radical (unpaired) electrons. The molecule has 0 saturated carbocycles. The molecule has 0 aliphatic carbocycles. The summed E-state index contributed by atoms with van der Waals surface area (Å²) in [7, 11) is 0. The zero-order valence-electron chi connectivity index (χ0n) is 13.9. The normalized spacial score (nSPS) is 10.9. The van der Waals surface area contributed by atoms with E-state index in [1.165, 1.54) is 12.1 Å². The quantitative estimate of drug-likeness (QED) is 0.266. The van der Waals surface area contributed by atoms with E-state index in [4.69, 9.17) is 0 Å². The number of hydrogen-bond donors (Lipinski definition) is 3. The maximum Gasteiger partial charge on any atom is 0.222 e. The number of hydrogen-bond acceptors (Lipinski definition) is 2. The van der Waals surface area contributed by atoms with Crippen LogP contribution < -0.4 is 16.0 Å². The van der Waals surface area contributed by atoms with Gasteiger partial charge in [-0.2, -0.15) is 0 Å². The van der Waals surface area contributed by atoms with Gasteiger partial charge in [0.2, 0.25) is 5.91 Å². The Kier molecular flexibility index (Phi) is 11.4. The van der Waals surface area contributed by atoms with Crippen LogP contribution in [0.4, 0.5) is 4.39 Å². The molecule has 1 rings (SSSR count). The Balaban J connectivity index is 0.00000484. The Hall–Kier alpha value is -1.38. The van der Waals surface area contributed by atoms with Crippen LogP contribution in [0, 0.1) is 11.7 Å². The molecule has 0 fully saturated rings. The predicted molar refractivity (Wildman–Crippen MR) is 102 cm³/mol. The summed E-state index contributed by atoms with van der Waals surface area (Å²) >= 11 is 0. The van der Waals surface area contributed by atoms with Crippen LogP contribution in [0.25, 0.3) is 0 Å². The van der Waals surface area contributed by atoms with Crippen molar-refractivity contribution in [2.75, 3.05) is 19.6 Å². The molecule has 7 heteroatoms. The van der Waals surface area contributed by atoms with Crippen molar-refractivity contribution in [2.45, 2.75) is 27.3 Å². The van der Waals surface area contributed by atoms with Crippen LogP contribution in [-0.2, 0) is 11.3 Å². The monoisotopic (exact) mass is 436 g/mol. The first-order valence-electron chi connectivity index (χ1n) is 7.57. The molecule has 5 nitrogen and oxygen atoms in total. The average molecular weight is 436 g/mol. The van der Waals surface area contributed by atoms with Gasteiger partial charge in [-0.25, -0.2) is 9.38 Å². The number of carbonyl (C=O) groups excluding carboxylic acids is 1. The Bertz CT molecular complexity index is 509. The summed E-state index contributed by atoms with van der Waals surface area (Å²) < 4.78 is 13.1. The molecule has 1 aromatic carbocycles. The van der Waals surface area contributed by atoms with E-state index >= 15 is 0 Å². The van der Waals surface area contributed by atoms with E-state index < -0.39 is 0 Å². The van der Waals surface area contributed by atoms with Crippen molar-refractivity contribution >= 4 is 35.8 Å². The number of nitrogens with one attached hydrogen (secondary N) is 3. The molecule has 0 heterocycles. The topological polar surface area (TPSA) is 65.5 Å². The van der Waals surface area contributed by atoms with Crippen LogP contribution in [0.15, 0.2) is 29.3 Å². The molecule has 0 unspecified atom stereocenters. The smallest absolute Gasteiger partial charge is 0.222 e. The Morgan fingerprint density at radius 2 is 1.91 bits per heavy atom. The van der Waals surface area contributed by atoms with Gasteiger partial charge >= 0.3 is 0 Å². The molecular formula is C16H26FIN4O. The average Bonchev–Trinajstić information content (AvgIpc) is 2.48. The van der Waals surface area contributed by atoms with Gasteiger partial charge in [0, 0.05) is 25.6 Å². The zero-order valence-corrected chi connectivity index (χ0v) is 16.2. The van der Waals surface area contributed by atoms with E-state index in [1.807, 2.05) is 26.8 Å². The predicted octanol–water partition coefficient (Wildman–Crippen LogP) is 2.27. The van der Waals surface area contributed by atoms with E-state index in [9.17, 15) is 9.18 Å². The number of nitrogens with zero attached hydrogens (tertiary/aromatic N) is 1. The van der Waals surface area contributed by atoms with Gasteiger partial charge in [0.15, 0.2) is 5.96 Å². The number of aliphatic imine (C=N–C) groups is 1. The fraction of sp³-hybridized carbons (Fsp3) is 0.500. The van der Waals surface area contributed by atoms with Gasteiger partial charge in [-0.3, -0.25) is 4.79 Å². The van der Waals surface area contributed by atoms with Crippen LogP contribution in [0.1, 0.15) is 26.3 Å². The van der Waals surface area contributed by atoms with Crippen molar-refractivity contribution in [3.63, 3.8) is 0 Å². The highest BCUT2D eigenvalue weighted by atomic mass is 127. The molecule has 0 aliphatic rings. The van der Waals surface area contributed by atoms with E-state index in [-0.39, 0.29) is 41.6 Å². The minimum absolute atomic E-state index is 0. The number of rotatable bonds is 7. The molecule has 0 aromatic heterocycles. The van der Waals surface area contributed by atoms with Gasteiger partial charge in [-0.15, -0.1) is 24.0 Å². The van der Waals surface area contributed by atoms with Crippen LogP contribution in [-0.4, -0.2) is 31.5 Å². The van der Waals surface area contributed by atoms with Gasteiger partial charge in [0.05, 0.1) is 6.54 Å². The van der Waals surface area contributed by atoms with Gasteiger partial charge in [0.25, 0.3) is 0 Å². The van der Waals surface area contributed by atoms with Crippen molar-refractivity contribution in [3.8, 4) is 0 Å². The van der Waals surface area contributed by atoms with Crippen molar-refractivity contribution in [1.29, 1.82) is 0 Å². The molecular weight excluding hydrogens is 410 g/mol. The lowest BCUT2D eigenvalue weighted by atomic mass is 10.2. The van der Waals surface area contributed by atoms with E-state index in [0.29, 0.717) is 25.6 Å². The highest BCUT2D eigenvalue weighted by Gasteiger charge is 2.05. The van der Waals surface area contributed by atoms with Crippen molar-refractivity contribution in [3.05, 3.63) is 35.6 Å². The Morgan fingerprint density at radius 3 is 2.52 bits per heavy atom. The number of guanidine groups is 1. The SMILES string of the molecule is CCNC(=NCc1cccc(F)c1)NCCNC(=O)C(C)C.I. The highest BCUT2D eigenvalue weighted by Crippen LogP contribution is 2.04. The lowest BCUT2D eigenvalue weighted by Crippen LogP contribution is -2.42. The fourth-order valence-electron chi connectivity index (χ4n) is 1.72. The van der Waals surface area contributed by atoms with Crippen molar-refractivity contribution < 1.29 is 9.18 Å². The standard InChI is InChI=1S/C16H25FN4O.HI/c1-4-18-16(20-9-8-19-15(22)12(2)3)21-11-13-6-5-7-14(17)10-13;/h5-7,10,12H,4,8-9,11H2,1-3H3,(H,19,22)(H2,18,20,21);1H. The second kappa shape index (κ2) is 12.1. The summed E-state index contributed by atoms with van der Waals surface area (Å²) in [5.41, 5.74) is 0.810. The molecule has 0 atom stereocenters. The lowest BCUT2D eigenvalue weighted by molar-refractivity contribution is -0.123. The third-order valence-corrected chi connectivity index (χ3v) is 2.89. The van der Waals surface area contributed by atoms with E-state index in [1.54, 1.807) is 6.07 Å². The van der Waals surface area contributed by atoms with Crippen LogP contribution in [0.2, 0.25) is 0 Å². The van der Waals surface area contributed by atoms with Gasteiger partial charge in [0.1, 0.15) is 5.82 Å². The first-order chi connectivity index (χ1) is 10.5. The minimum atomic E-state index is -0.262. The van der Waals surface area contributed by atoms with Crippen LogP contribution in [0.3, 0.4) is 0 Å². The van der Waals surface area contributed by atoms with Crippen molar-refractivity contribution in [2.24, 2.45) is 10.9 Å². The maximum absolute atomic E-state index is 13.1. The number of carbonyl (C=O) groups is 1. The zero-order chi connectivity index (χ0) is 16.4. The summed E-state index contributed by atoms with van der Waals surface area (Å²) in [6.07, 6.45) is 0. The molecule has 0 saturated heterocycles. The largest absolute Gasteiger partial charge is 0.357 e. The van der Waals surface area contributed by atoms with Crippen LogP contribution in [0.5, 0.6) is 0 Å². The summed E-state index contributed by atoms with van der Waals surface area (Å²) in [5.74, 6) is 0.394. The summed E-state index contributed by atoms with van der Waals surface area (Å²) in [6, 6.07) is 6.38. The molecule has 0 aliphatic heterocycles. The molecule has 0 bridgehead atoms. The maximum atomic E-state index is 13.1. The first-order valence-corrected chi connectivity index (χ1v) is 7.57. The van der Waals surface area contributed by atoms with E-state index in [2.05, 4.69) is 20.9 Å². The number of benzene rings is 1. The molecule has 3 N–H and O–H groups in total. The molecule has 0 spiro atoms. The number of halogens is 2. The van der Waals surface area contributed by atoms with Gasteiger partial charge < -0.3 is 16.0 Å². The fourth-order valence-corrected chi connectivity index (χ4v) is 1.72. The van der Waals surface area contributed by atoms with Gasteiger partial charge in [-0.05, 0) is 24.6 Å². The minimum Gasteiger partial charge on any atom is -0.357 e. The summed E-state index contributed by atoms with van der Waals surface area (Å²) in [5, 5.41) is 9.07. The Labute approximate surface area is 154 Å². The molecule has 23 heavy (non-hydrogen) atoms.